The van der Waals surface area contributed by atoms with Crippen molar-refractivity contribution in [2.24, 2.45) is 4.99 Å². The van der Waals surface area contributed by atoms with Gasteiger partial charge in [0.25, 0.3) is 0 Å². The van der Waals surface area contributed by atoms with Crippen LogP contribution in [0.5, 0.6) is 0 Å². The molecule has 98 valence electrons. The van der Waals surface area contributed by atoms with E-state index in [1.54, 1.807) is 21.0 Å². The second-order valence-corrected chi connectivity index (χ2v) is 5.00. The molecule has 0 aliphatic rings. The fourth-order valence-corrected chi connectivity index (χ4v) is 1.56. The van der Waals surface area contributed by atoms with Crippen LogP contribution in [0.15, 0.2) is 4.99 Å². The average molecular weight is 364 g/mol. The van der Waals surface area contributed by atoms with Crippen molar-refractivity contribution < 1.29 is 8.42 Å². The first-order valence-electron chi connectivity index (χ1n) is 4.91. The van der Waals surface area contributed by atoms with Crippen LogP contribution in [0.4, 0.5) is 0 Å². The Bertz CT molecular complexity index is 292. The van der Waals surface area contributed by atoms with Gasteiger partial charge in [-0.25, -0.2) is 13.1 Å². The van der Waals surface area contributed by atoms with Gasteiger partial charge in [0.15, 0.2) is 5.96 Å². The van der Waals surface area contributed by atoms with Crippen LogP contribution in [-0.4, -0.2) is 47.3 Å². The molecule has 0 aliphatic carbocycles. The van der Waals surface area contributed by atoms with Crippen LogP contribution < -0.4 is 15.4 Å². The van der Waals surface area contributed by atoms with E-state index in [1.165, 1.54) is 0 Å². The molecule has 0 radical (unpaired) electrons. The Hall–Kier alpha value is -0.0900. The number of hydrogen-bond acceptors (Lipinski definition) is 3. The third-order valence-electron chi connectivity index (χ3n) is 1.81. The number of guanidine groups is 1. The zero-order valence-electron chi connectivity index (χ0n) is 9.91. The van der Waals surface area contributed by atoms with Crippen molar-refractivity contribution in [1.82, 2.24) is 15.4 Å². The fourth-order valence-electron chi connectivity index (χ4n) is 0.904. The standard InChI is InChI=1S/C8H20N4O2S.HI/c1-4-15(13,14)12-7-5-6-11-8(9-2)10-3;/h12H,4-7H2,1-3H3,(H2,9,10,11);1H. The summed E-state index contributed by atoms with van der Waals surface area (Å²) in [5.74, 6) is 0.826. The van der Waals surface area contributed by atoms with E-state index in [2.05, 4.69) is 20.3 Å². The van der Waals surface area contributed by atoms with Gasteiger partial charge in [0.1, 0.15) is 0 Å². The van der Waals surface area contributed by atoms with Crippen molar-refractivity contribution in [3.63, 3.8) is 0 Å². The quantitative estimate of drug-likeness (QED) is 0.262. The molecule has 0 aromatic rings. The van der Waals surface area contributed by atoms with Crippen LogP contribution in [0, 0.1) is 0 Å². The van der Waals surface area contributed by atoms with E-state index in [4.69, 9.17) is 0 Å². The summed E-state index contributed by atoms with van der Waals surface area (Å²) in [5, 5.41) is 5.90. The van der Waals surface area contributed by atoms with Crippen molar-refractivity contribution in [3.8, 4) is 0 Å². The number of aliphatic imine (C=N–C) groups is 1. The molecule has 0 heterocycles. The molecule has 6 nitrogen and oxygen atoms in total. The van der Waals surface area contributed by atoms with Gasteiger partial charge < -0.3 is 10.6 Å². The molecule has 0 aromatic carbocycles. The molecule has 0 rings (SSSR count). The number of nitrogens with one attached hydrogen (secondary N) is 3. The zero-order valence-corrected chi connectivity index (χ0v) is 13.1. The Kier molecular flexibility index (Phi) is 11.5. The first-order valence-corrected chi connectivity index (χ1v) is 6.56. The smallest absolute Gasteiger partial charge is 0.211 e. The minimum Gasteiger partial charge on any atom is -0.359 e. The van der Waals surface area contributed by atoms with Crippen LogP contribution in [0.2, 0.25) is 0 Å². The van der Waals surface area contributed by atoms with Crippen LogP contribution in [0.3, 0.4) is 0 Å². The minimum absolute atomic E-state index is 0. The van der Waals surface area contributed by atoms with Crippen LogP contribution in [-0.2, 0) is 10.0 Å². The monoisotopic (exact) mass is 364 g/mol. The maximum absolute atomic E-state index is 11.0. The molecule has 0 amide bonds. The average Bonchev–Trinajstić information content (AvgIpc) is 2.23. The van der Waals surface area contributed by atoms with Gasteiger partial charge in [-0.3, -0.25) is 4.99 Å². The number of hydrogen-bond donors (Lipinski definition) is 3. The van der Waals surface area contributed by atoms with Gasteiger partial charge in [0, 0.05) is 27.2 Å². The Morgan fingerprint density at radius 3 is 2.38 bits per heavy atom. The molecule has 16 heavy (non-hydrogen) atoms. The first-order chi connectivity index (χ1) is 7.05. The van der Waals surface area contributed by atoms with Gasteiger partial charge in [-0.1, -0.05) is 0 Å². The fraction of sp³-hybridized carbons (Fsp3) is 0.875. The predicted octanol–water partition coefficient (Wildman–Crippen LogP) is -0.271. The van der Waals surface area contributed by atoms with Crippen molar-refractivity contribution >= 4 is 40.0 Å². The zero-order chi connectivity index (χ0) is 11.7. The topological polar surface area (TPSA) is 82.6 Å². The van der Waals surface area contributed by atoms with E-state index < -0.39 is 10.0 Å². The second-order valence-electron chi connectivity index (χ2n) is 2.90. The third-order valence-corrected chi connectivity index (χ3v) is 3.21. The molecule has 0 spiro atoms. The summed E-state index contributed by atoms with van der Waals surface area (Å²) in [6.07, 6.45) is 0.722. The van der Waals surface area contributed by atoms with Crippen molar-refractivity contribution in [1.29, 1.82) is 0 Å². The van der Waals surface area contributed by atoms with E-state index >= 15 is 0 Å². The number of nitrogens with zero attached hydrogens (tertiary/aromatic N) is 1. The summed E-state index contributed by atoms with van der Waals surface area (Å²) in [5.41, 5.74) is 0. The van der Waals surface area contributed by atoms with Crippen LogP contribution in [0.25, 0.3) is 0 Å². The molecule has 0 bridgehead atoms. The lowest BCUT2D eigenvalue weighted by Gasteiger charge is -2.08. The molecule has 0 atom stereocenters. The van der Waals surface area contributed by atoms with Crippen LogP contribution >= 0.6 is 24.0 Å². The summed E-state index contributed by atoms with van der Waals surface area (Å²) in [6, 6.07) is 0. The van der Waals surface area contributed by atoms with Gasteiger partial charge in [-0.05, 0) is 13.3 Å². The minimum atomic E-state index is -3.05. The molecule has 0 aromatic heterocycles. The van der Waals surface area contributed by atoms with Gasteiger partial charge >= 0.3 is 0 Å². The number of sulfonamides is 1. The lowest BCUT2D eigenvalue weighted by atomic mass is 10.4. The van der Waals surface area contributed by atoms with Gasteiger partial charge in [0.05, 0.1) is 5.75 Å². The largest absolute Gasteiger partial charge is 0.359 e. The molecule has 3 N–H and O–H groups in total. The first kappa shape index (κ1) is 18.3. The third kappa shape index (κ3) is 9.16. The summed E-state index contributed by atoms with van der Waals surface area (Å²) in [6.45, 7) is 2.74. The lowest BCUT2D eigenvalue weighted by molar-refractivity contribution is 0.579. The second kappa shape index (κ2) is 10.1. The van der Waals surface area contributed by atoms with E-state index in [1.807, 2.05) is 0 Å². The van der Waals surface area contributed by atoms with Gasteiger partial charge in [0.2, 0.25) is 10.0 Å². The SMILES string of the molecule is CCS(=O)(=O)NCCCNC(=NC)NC.I. The molecular formula is C8H21IN4O2S. The molecule has 8 heteroatoms. The van der Waals surface area contributed by atoms with Gasteiger partial charge in [-0.15, -0.1) is 24.0 Å². The Labute approximate surface area is 115 Å². The normalized spacial score (nSPS) is 11.8. The van der Waals surface area contributed by atoms with Crippen molar-refractivity contribution in [2.75, 3.05) is 32.9 Å². The van der Waals surface area contributed by atoms with Crippen molar-refractivity contribution in [2.45, 2.75) is 13.3 Å². The lowest BCUT2D eigenvalue weighted by Crippen LogP contribution is -2.36. The summed E-state index contributed by atoms with van der Waals surface area (Å²) >= 11 is 0. The molecular weight excluding hydrogens is 343 g/mol. The Morgan fingerprint density at radius 2 is 1.94 bits per heavy atom. The Morgan fingerprint density at radius 1 is 1.31 bits per heavy atom. The number of rotatable bonds is 6. The number of halogens is 1. The van der Waals surface area contributed by atoms with Gasteiger partial charge in [-0.2, -0.15) is 0 Å². The van der Waals surface area contributed by atoms with E-state index in [0.717, 1.165) is 6.42 Å². The van der Waals surface area contributed by atoms with E-state index in [-0.39, 0.29) is 29.7 Å². The van der Waals surface area contributed by atoms with Crippen LogP contribution in [0.1, 0.15) is 13.3 Å². The molecule has 0 saturated heterocycles. The molecule has 0 unspecified atom stereocenters. The van der Waals surface area contributed by atoms with E-state index in [0.29, 0.717) is 19.0 Å². The highest BCUT2D eigenvalue weighted by Crippen LogP contribution is 1.83. The maximum Gasteiger partial charge on any atom is 0.211 e. The highest BCUT2D eigenvalue weighted by atomic mass is 127. The van der Waals surface area contributed by atoms with Crippen molar-refractivity contribution in [3.05, 3.63) is 0 Å². The van der Waals surface area contributed by atoms with E-state index in [9.17, 15) is 8.42 Å². The Balaban J connectivity index is 0. The molecule has 0 aliphatic heterocycles. The summed E-state index contributed by atoms with van der Waals surface area (Å²) in [4.78, 5) is 3.92. The molecule has 0 saturated carbocycles. The highest BCUT2D eigenvalue weighted by Gasteiger charge is 2.03. The predicted molar refractivity (Wildman–Crippen MR) is 77.9 cm³/mol. The summed E-state index contributed by atoms with van der Waals surface area (Å²) in [7, 11) is 0.397. The molecule has 0 fully saturated rings. The maximum atomic E-state index is 11.0. The highest BCUT2D eigenvalue weighted by molar-refractivity contribution is 14.0. The summed E-state index contributed by atoms with van der Waals surface area (Å²) < 4.78 is 24.6.